The molecule has 1 fully saturated rings. The Kier molecular flexibility index (Phi) is 5.17. The summed E-state index contributed by atoms with van der Waals surface area (Å²) in [6, 6.07) is 13.0. The third-order valence-corrected chi connectivity index (χ3v) is 6.86. The molecule has 27 heavy (non-hydrogen) atoms. The van der Waals surface area contributed by atoms with Gasteiger partial charge in [-0.25, -0.2) is 8.42 Å². The number of sulfonamides is 1. The Morgan fingerprint density at radius 3 is 2.33 bits per heavy atom. The molecular formula is C20H22N2O4S. The first kappa shape index (κ1) is 19.3. The van der Waals surface area contributed by atoms with E-state index >= 15 is 0 Å². The van der Waals surface area contributed by atoms with E-state index in [9.17, 15) is 18.0 Å². The highest BCUT2D eigenvalue weighted by Gasteiger charge is 2.44. The number of benzene rings is 2. The van der Waals surface area contributed by atoms with Crippen LogP contribution < -0.4 is 0 Å². The predicted octanol–water partition coefficient (Wildman–Crippen LogP) is 2.25. The van der Waals surface area contributed by atoms with E-state index < -0.39 is 22.0 Å². The van der Waals surface area contributed by atoms with Crippen molar-refractivity contribution < 1.29 is 18.0 Å². The highest BCUT2D eigenvalue weighted by atomic mass is 32.2. The standard InChI is InChI=1S/C20H22N2O4S/c1-14-9-10-17(11-15(14)2)27(25,26)21(3)18-12-19(23)22(20(18)24)13-16-7-5-4-6-8-16/h4-11,18H,12-13H2,1-3H3. The minimum absolute atomic E-state index is 0.120. The van der Waals surface area contributed by atoms with Crippen molar-refractivity contribution in [2.75, 3.05) is 7.05 Å². The first-order valence-electron chi connectivity index (χ1n) is 8.65. The summed E-state index contributed by atoms with van der Waals surface area (Å²) in [7, 11) is -2.53. The van der Waals surface area contributed by atoms with Gasteiger partial charge in [-0.3, -0.25) is 14.5 Å². The van der Waals surface area contributed by atoms with Crippen LogP contribution in [0.15, 0.2) is 53.4 Å². The number of carbonyl (C=O) groups is 2. The number of hydrogen-bond donors (Lipinski definition) is 0. The zero-order valence-electron chi connectivity index (χ0n) is 15.5. The van der Waals surface area contributed by atoms with Crippen LogP contribution in [0.3, 0.4) is 0 Å². The van der Waals surface area contributed by atoms with Gasteiger partial charge in [-0.2, -0.15) is 4.31 Å². The molecule has 0 saturated carbocycles. The maximum atomic E-state index is 12.9. The van der Waals surface area contributed by atoms with Crippen molar-refractivity contribution in [2.24, 2.45) is 0 Å². The van der Waals surface area contributed by atoms with Gasteiger partial charge in [-0.1, -0.05) is 36.4 Å². The number of carbonyl (C=O) groups excluding carboxylic acids is 2. The van der Waals surface area contributed by atoms with Crippen molar-refractivity contribution >= 4 is 21.8 Å². The number of rotatable bonds is 5. The first-order valence-corrected chi connectivity index (χ1v) is 10.1. The van der Waals surface area contributed by atoms with E-state index in [1.165, 1.54) is 13.1 Å². The molecule has 2 amide bonds. The van der Waals surface area contributed by atoms with Crippen LogP contribution in [0.4, 0.5) is 0 Å². The van der Waals surface area contributed by atoms with Gasteiger partial charge < -0.3 is 0 Å². The lowest BCUT2D eigenvalue weighted by atomic mass is 10.1. The molecule has 6 nitrogen and oxygen atoms in total. The third kappa shape index (κ3) is 3.65. The van der Waals surface area contributed by atoms with Crippen molar-refractivity contribution in [3.8, 4) is 0 Å². The summed E-state index contributed by atoms with van der Waals surface area (Å²) in [5.41, 5.74) is 2.65. The SMILES string of the molecule is Cc1ccc(S(=O)(=O)N(C)C2CC(=O)N(Cc3ccccc3)C2=O)cc1C. The maximum absolute atomic E-state index is 12.9. The van der Waals surface area contributed by atoms with Gasteiger partial charge in [0.15, 0.2) is 0 Å². The highest BCUT2D eigenvalue weighted by molar-refractivity contribution is 7.89. The molecule has 2 aromatic carbocycles. The molecule has 7 heteroatoms. The first-order chi connectivity index (χ1) is 12.7. The van der Waals surface area contributed by atoms with E-state index in [-0.39, 0.29) is 23.8 Å². The number of likely N-dealkylation sites (tertiary alicyclic amines) is 1. The lowest BCUT2D eigenvalue weighted by molar-refractivity contribution is -0.139. The fourth-order valence-corrected chi connectivity index (χ4v) is 4.49. The summed E-state index contributed by atoms with van der Waals surface area (Å²) in [5.74, 6) is -0.852. The average molecular weight is 386 g/mol. The number of nitrogens with zero attached hydrogens (tertiary/aromatic N) is 2. The summed E-state index contributed by atoms with van der Waals surface area (Å²) in [5, 5.41) is 0. The van der Waals surface area contributed by atoms with Gasteiger partial charge in [0.1, 0.15) is 6.04 Å². The molecule has 1 atom stereocenters. The van der Waals surface area contributed by atoms with Gasteiger partial charge in [0.25, 0.3) is 0 Å². The van der Waals surface area contributed by atoms with Crippen LogP contribution in [0.1, 0.15) is 23.1 Å². The molecule has 3 rings (SSSR count). The number of hydrogen-bond acceptors (Lipinski definition) is 4. The topological polar surface area (TPSA) is 74.8 Å². The van der Waals surface area contributed by atoms with E-state index in [0.29, 0.717) is 0 Å². The van der Waals surface area contributed by atoms with Gasteiger partial charge in [-0.15, -0.1) is 0 Å². The van der Waals surface area contributed by atoms with Crippen molar-refractivity contribution in [1.82, 2.24) is 9.21 Å². The average Bonchev–Trinajstić information content (AvgIpc) is 2.92. The Labute approximate surface area is 159 Å². The van der Waals surface area contributed by atoms with E-state index in [4.69, 9.17) is 0 Å². The second-order valence-corrected chi connectivity index (χ2v) is 8.79. The van der Waals surface area contributed by atoms with E-state index in [0.717, 1.165) is 25.9 Å². The number of imide groups is 1. The van der Waals surface area contributed by atoms with Crippen molar-refractivity contribution in [2.45, 2.75) is 37.8 Å². The third-order valence-electron chi connectivity index (χ3n) is 5.00. The maximum Gasteiger partial charge on any atom is 0.248 e. The molecule has 2 aromatic rings. The summed E-state index contributed by atoms with van der Waals surface area (Å²) < 4.78 is 26.9. The van der Waals surface area contributed by atoms with Crippen LogP contribution in [-0.2, 0) is 26.2 Å². The quantitative estimate of drug-likeness (QED) is 0.739. The molecule has 142 valence electrons. The number of aryl methyl sites for hydroxylation is 2. The molecule has 0 N–H and O–H groups in total. The molecule has 0 bridgehead atoms. The minimum atomic E-state index is -3.88. The normalized spacial score (nSPS) is 17.8. The zero-order chi connectivity index (χ0) is 19.8. The van der Waals surface area contributed by atoms with Gasteiger partial charge in [-0.05, 0) is 42.7 Å². The Balaban J connectivity index is 1.84. The molecule has 1 saturated heterocycles. The molecular weight excluding hydrogens is 364 g/mol. The fourth-order valence-electron chi connectivity index (χ4n) is 3.09. The van der Waals surface area contributed by atoms with E-state index in [1.54, 1.807) is 12.1 Å². The number of likely N-dealkylation sites (N-methyl/N-ethyl adjacent to an activating group) is 1. The van der Waals surface area contributed by atoms with Crippen LogP contribution in [0.2, 0.25) is 0 Å². The monoisotopic (exact) mass is 386 g/mol. The summed E-state index contributed by atoms with van der Waals surface area (Å²) in [6.07, 6.45) is -0.147. The second kappa shape index (κ2) is 7.25. The molecule has 1 aliphatic rings. The second-order valence-electron chi connectivity index (χ2n) is 6.79. The fraction of sp³-hybridized carbons (Fsp3) is 0.300. The summed E-state index contributed by atoms with van der Waals surface area (Å²) in [6.45, 7) is 3.88. The Morgan fingerprint density at radius 1 is 1.04 bits per heavy atom. The van der Waals surface area contributed by atoms with E-state index in [1.807, 2.05) is 44.2 Å². The van der Waals surface area contributed by atoms with Crippen LogP contribution in [-0.4, -0.2) is 42.5 Å². The molecule has 0 radical (unpaired) electrons. The van der Waals surface area contributed by atoms with Crippen LogP contribution in [0.5, 0.6) is 0 Å². The molecule has 1 heterocycles. The number of amides is 2. The molecule has 0 aromatic heterocycles. The Bertz CT molecular complexity index is 986. The van der Waals surface area contributed by atoms with Crippen molar-refractivity contribution in [1.29, 1.82) is 0 Å². The van der Waals surface area contributed by atoms with Gasteiger partial charge >= 0.3 is 0 Å². The predicted molar refractivity (Wildman–Crippen MR) is 101 cm³/mol. The highest BCUT2D eigenvalue weighted by Crippen LogP contribution is 2.26. The van der Waals surface area contributed by atoms with Crippen LogP contribution >= 0.6 is 0 Å². The lowest BCUT2D eigenvalue weighted by Gasteiger charge is -2.23. The molecule has 1 aliphatic heterocycles. The van der Waals surface area contributed by atoms with Crippen LogP contribution in [0.25, 0.3) is 0 Å². The molecule has 0 spiro atoms. The molecule has 0 aliphatic carbocycles. The smallest absolute Gasteiger partial charge is 0.248 e. The van der Waals surface area contributed by atoms with E-state index in [2.05, 4.69) is 0 Å². The zero-order valence-corrected chi connectivity index (χ0v) is 16.4. The Hall–Kier alpha value is -2.51. The lowest BCUT2D eigenvalue weighted by Crippen LogP contribution is -2.42. The summed E-state index contributed by atoms with van der Waals surface area (Å²) in [4.78, 5) is 26.4. The molecule has 1 unspecified atom stereocenters. The van der Waals surface area contributed by atoms with Crippen molar-refractivity contribution in [3.05, 3.63) is 65.2 Å². The largest absolute Gasteiger partial charge is 0.277 e. The van der Waals surface area contributed by atoms with Crippen molar-refractivity contribution in [3.63, 3.8) is 0 Å². The van der Waals surface area contributed by atoms with Gasteiger partial charge in [0.2, 0.25) is 21.8 Å². The van der Waals surface area contributed by atoms with Gasteiger partial charge in [0.05, 0.1) is 17.9 Å². The Morgan fingerprint density at radius 2 is 1.70 bits per heavy atom. The minimum Gasteiger partial charge on any atom is -0.277 e. The van der Waals surface area contributed by atoms with Gasteiger partial charge in [0, 0.05) is 7.05 Å². The van der Waals surface area contributed by atoms with Crippen LogP contribution in [0, 0.1) is 13.8 Å². The summed E-state index contributed by atoms with van der Waals surface area (Å²) >= 11 is 0.